The SMILES string of the molecule is COc1ccc(F)cc1CN1CCN(C(=O)Cc2c[nH]c3ccccc23)CC1. The van der Waals surface area contributed by atoms with E-state index in [1.165, 1.54) is 12.1 Å². The van der Waals surface area contributed by atoms with Crippen LogP contribution in [-0.2, 0) is 17.8 Å². The predicted molar refractivity (Wildman–Crippen MR) is 107 cm³/mol. The highest BCUT2D eigenvalue weighted by atomic mass is 19.1. The largest absolute Gasteiger partial charge is 0.496 e. The molecule has 0 aliphatic carbocycles. The summed E-state index contributed by atoms with van der Waals surface area (Å²) in [5.74, 6) is 0.579. The molecule has 0 spiro atoms. The lowest BCUT2D eigenvalue weighted by atomic mass is 10.1. The molecule has 0 radical (unpaired) electrons. The second kappa shape index (κ2) is 8.02. The fourth-order valence-corrected chi connectivity index (χ4v) is 3.82. The van der Waals surface area contributed by atoms with E-state index in [-0.39, 0.29) is 11.7 Å². The standard InChI is InChI=1S/C22H24FN3O2/c1-28-21-7-6-18(23)12-17(21)15-25-8-10-26(11-9-25)22(27)13-16-14-24-20-5-3-2-4-19(16)20/h2-7,12,14,24H,8-11,13,15H2,1H3. The zero-order valence-corrected chi connectivity index (χ0v) is 16.0. The number of nitrogens with zero attached hydrogens (tertiary/aromatic N) is 2. The zero-order valence-electron chi connectivity index (χ0n) is 16.0. The van der Waals surface area contributed by atoms with Gasteiger partial charge in [0.25, 0.3) is 0 Å². The van der Waals surface area contributed by atoms with Crippen molar-refractivity contribution < 1.29 is 13.9 Å². The number of amides is 1. The maximum absolute atomic E-state index is 13.6. The zero-order chi connectivity index (χ0) is 19.5. The Bertz CT molecular complexity index is 977. The summed E-state index contributed by atoms with van der Waals surface area (Å²) in [6.07, 6.45) is 2.33. The Labute approximate surface area is 163 Å². The number of para-hydroxylation sites is 1. The predicted octanol–water partition coefficient (Wildman–Crippen LogP) is 3.20. The maximum atomic E-state index is 13.6. The van der Waals surface area contributed by atoms with Crippen LogP contribution in [0.2, 0.25) is 0 Å². The van der Waals surface area contributed by atoms with Gasteiger partial charge in [-0.15, -0.1) is 0 Å². The lowest BCUT2D eigenvalue weighted by molar-refractivity contribution is -0.132. The van der Waals surface area contributed by atoms with E-state index in [1.54, 1.807) is 13.2 Å². The van der Waals surface area contributed by atoms with Crippen molar-refractivity contribution in [3.8, 4) is 5.75 Å². The van der Waals surface area contributed by atoms with Gasteiger partial charge in [-0.1, -0.05) is 18.2 Å². The van der Waals surface area contributed by atoms with Crippen LogP contribution in [-0.4, -0.2) is 54.0 Å². The molecule has 0 bridgehead atoms. The molecule has 1 amide bonds. The molecule has 6 heteroatoms. The lowest BCUT2D eigenvalue weighted by Crippen LogP contribution is -2.48. The molecule has 5 nitrogen and oxygen atoms in total. The number of aromatic amines is 1. The van der Waals surface area contributed by atoms with Gasteiger partial charge in [0, 0.05) is 55.4 Å². The molecular weight excluding hydrogens is 357 g/mol. The second-order valence-electron chi connectivity index (χ2n) is 7.15. The highest BCUT2D eigenvalue weighted by Crippen LogP contribution is 2.22. The monoisotopic (exact) mass is 381 g/mol. The summed E-state index contributed by atoms with van der Waals surface area (Å²) >= 11 is 0. The Morgan fingerprint density at radius 2 is 1.89 bits per heavy atom. The molecule has 28 heavy (non-hydrogen) atoms. The lowest BCUT2D eigenvalue weighted by Gasteiger charge is -2.35. The van der Waals surface area contributed by atoms with Crippen LogP contribution in [0.4, 0.5) is 4.39 Å². The Morgan fingerprint density at radius 1 is 1.11 bits per heavy atom. The number of aromatic nitrogens is 1. The molecule has 4 rings (SSSR count). The van der Waals surface area contributed by atoms with Gasteiger partial charge >= 0.3 is 0 Å². The van der Waals surface area contributed by atoms with Gasteiger partial charge in [0.2, 0.25) is 5.91 Å². The van der Waals surface area contributed by atoms with E-state index in [0.717, 1.165) is 35.1 Å². The molecule has 146 valence electrons. The molecule has 3 aromatic rings. The highest BCUT2D eigenvalue weighted by molar-refractivity contribution is 5.88. The summed E-state index contributed by atoms with van der Waals surface area (Å²) in [5.41, 5.74) is 2.92. The fourth-order valence-electron chi connectivity index (χ4n) is 3.82. The number of nitrogens with one attached hydrogen (secondary N) is 1. The van der Waals surface area contributed by atoms with Crippen LogP contribution in [0.25, 0.3) is 10.9 Å². The van der Waals surface area contributed by atoms with Crippen molar-refractivity contribution in [1.82, 2.24) is 14.8 Å². The number of carbonyl (C=O) groups excluding carboxylic acids is 1. The van der Waals surface area contributed by atoms with E-state index < -0.39 is 0 Å². The molecule has 1 N–H and O–H groups in total. The topological polar surface area (TPSA) is 48.6 Å². The first-order valence-electron chi connectivity index (χ1n) is 9.51. The van der Waals surface area contributed by atoms with Crippen molar-refractivity contribution in [3.05, 3.63) is 65.6 Å². The minimum absolute atomic E-state index is 0.146. The van der Waals surface area contributed by atoms with Gasteiger partial charge in [-0.05, 0) is 29.8 Å². The number of methoxy groups -OCH3 is 1. The first kappa shape index (κ1) is 18.5. The first-order valence-corrected chi connectivity index (χ1v) is 9.51. The summed E-state index contributed by atoms with van der Waals surface area (Å²) in [6, 6.07) is 12.6. The smallest absolute Gasteiger partial charge is 0.227 e. The summed E-state index contributed by atoms with van der Waals surface area (Å²) < 4.78 is 18.9. The van der Waals surface area contributed by atoms with Crippen LogP contribution in [0.3, 0.4) is 0 Å². The summed E-state index contributed by atoms with van der Waals surface area (Å²) in [5, 5.41) is 1.10. The van der Waals surface area contributed by atoms with E-state index in [2.05, 4.69) is 9.88 Å². The van der Waals surface area contributed by atoms with Crippen LogP contribution >= 0.6 is 0 Å². The van der Waals surface area contributed by atoms with Crippen LogP contribution in [0, 0.1) is 5.82 Å². The minimum atomic E-state index is -0.261. The molecule has 0 saturated carbocycles. The van der Waals surface area contributed by atoms with Gasteiger partial charge in [-0.2, -0.15) is 0 Å². The van der Waals surface area contributed by atoms with Gasteiger partial charge < -0.3 is 14.6 Å². The van der Waals surface area contributed by atoms with Crippen molar-refractivity contribution in [1.29, 1.82) is 0 Å². The number of benzene rings is 2. The van der Waals surface area contributed by atoms with Gasteiger partial charge in [0.15, 0.2) is 0 Å². The number of hydrogen-bond donors (Lipinski definition) is 1. The Morgan fingerprint density at radius 3 is 2.68 bits per heavy atom. The Kier molecular flexibility index (Phi) is 5.30. The van der Waals surface area contributed by atoms with Crippen molar-refractivity contribution in [2.24, 2.45) is 0 Å². The summed E-state index contributed by atoms with van der Waals surface area (Å²) in [6.45, 7) is 3.50. The second-order valence-corrected chi connectivity index (χ2v) is 7.15. The third-order valence-corrected chi connectivity index (χ3v) is 5.38. The molecule has 0 atom stereocenters. The molecular formula is C22H24FN3O2. The highest BCUT2D eigenvalue weighted by Gasteiger charge is 2.22. The third kappa shape index (κ3) is 3.87. The van der Waals surface area contributed by atoms with Crippen LogP contribution in [0.15, 0.2) is 48.7 Å². The van der Waals surface area contributed by atoms with Gasteiger partial charge in [0.05, 0.1) is 13.5 Å². The van der Waals surface area contributed by atoms with Crippen molar-refractivity contribution >= 4 is 16.8 Å². The van der Waals surface area contributed by atoms with Crippen molar-refractivity contribution in [3.63, 3.8) is 0 Å². The number of fused-ring (bicyclic) bond motifs is 1. The summed E-state index contributed by atoms with van der Waals surface area (Å²) in [7, 11) is 1.60. The van der Waals surface area contributed by atoms with E-state index >= 15 is 0 Å². The van der Waals surface area contributed by atoms with E-state index in [9.17, 15) is 9.18 Å². The molecule has 2 heterocycles. The average Bonchev–Trinajstić information content (AvgIpc) is 3.12. The van der Waals surface area contributed by atoms with E-state index in [0.29, 0.717) is 31.8 Å². The molecule has 1 fully saturated rings. The third-order valence-electron chi connectivity index (χ3n) is 5.38. The van der Waals surface area contributed by atoms with Crippen molar-refractivity contribution in [2.45, 2.75) is 13.0 Å². The molecule has 2 aromatic carbocycles. The maximum Gasteiger partial charge on any atom is 0.227 e. The summed E-state index contributed by atoms with van der Waals surface area (Å²) in [4.78, 5) is 20.1. The number of H-pyrrole nitrogens is 1. The minimum Gasteiger partial charge on any atom is -0.496 e. The number of carbonyl (C=O) groups is 1. The van der Waals surface area contributed by atoms with Gasteiger partial charge in [-0.25, -0.2) is 4.39 Å². The molecule has 0 unspecified atom stereocenters. The number of hydrogen-bond acceptors (Lipinski definition) is 3. The van der Waals surface area contributed by atoms with Crippen LogP contribution < -0.4 is 4.74 Å². The average molecular weight is 381 g/mol. The van der Waals surface area contributed by atoms with E-state index in [4.69, 9.17) is 4.74 Å². The molecule has 1 aliphatic heterocycles. The number of piperazine rings is 1. The van der Waals surface area contributed by atoms with Crippen molar-refractivity contribution in [2.75, 3.05) is 33.3 Å². The first-order chi connectivity index (χ1) is 13.6. The number of halogens is 1. The van der Waals surface area contributed by atoms with Crippen LogP contribution in [0.5, 0.6) is 5.75 Å². The molecule has 1 aliphatic rings. The van der Waals surface area contributed by atoms with Gasteiger partial charge in [0.1, 0.15) is 11.6 Å². The van der Waals surface area contributed by atoms with E-state index in [1.807, 2.05) is 35.4 Å². The molecule has 1 saturated heterocycles. The van der Waals surface area contributed by atoms with Crippen LogP contribution in [0.1, 0.15) is 11.1 Å². The quantitative estimate of drug-likeness (QED) is 0.738. The van der Waals surface area contributed by atoms with Gasteiger partial charge in [-0.3, -0.25) is 9.69 Å². The number of ether oxygens (including phenoxy) is 1. The Hall–Kier alpha value is -2.86. The molecule has 1 aromatic heterocycles. The fraction of sp³-hybridized carbons (Fsp3) is 0.318. The normalized spacial score (nSPS) is 15.1. The Balaban J connectivity index is 1.35. The number of rotatable bonds is 5.